The summed E-state index contributed by atoms with van der Waals surface area (Å²) >= 11 is 1.93. The molecule has 1 aromatic carbocycles. The van der Waals surface area contributed by atoms with Crippen LogP contribution in [0.5, 0.6) is 0 Å². The number of hydrogen-bond acceptors (Lipinski definition) is 3. The van der Waals surface area contributed by atoms with Crippen LogP contribution in [-0.4, -0.2) is 41.9 Å². The van der Waals surface area contributed by atoms with E-state index in [1.807, 2.05) is 40.9 Å². The van der Waals surface area contributed by atoms with Gasteiger partial charge in [-0.1, -0.05) is 18.2 Å². The first-order valence-electron chi connectivity index (χ1n) is 6.48. The van der Waals surface area contributed by atoms with Crippen LogP contribution in [0.4, 0.5) is 0 Å². The summed E-state index contributed by atoms with van der Waals surface area (Å²) in [6, 6.07) is 7.83. The monoisotopic (exact) mass is 264 g/mol. The van der Waals surface area contributed by atoms with E-state index in [4.69, 9.17) is 5.73 Å². The highest BCUT2D eigenvalue weighted by atomic mass is 32.2. The highest BCUT2D eigenvalue weighted by Crippen LogP contribution is 2.16. The van der Waals surface area contributed by atoms with E-state index in [0.29, 0.717) is 6.54 Å². The lowest BCUT2D eigenvalue weighted by atomic mass is 10.0. The number of thioether (sulfide) groups is 1. The minimum absolute atomic E-state index is 0.168. The predicted molar refractivity (Wildman–Crippen MR) is 77.0 cm³/mol. The molecule has 1 aromatic rings. The van der Waals surface area contributed by atoms with E-state index in [-0.39, 0.29) is 5.91 Å². The number of rotatable bonds is 3. The highest BCUT2D eigenvalue weighted by molar-refractivity contribution is 7.99. The summed E-state index contributed by atoms with van der Waals surface area (Å²) < 4.78 is 0. The third-order valence-corrected chi connectivity index (χ3v) is 4.22. The Morgan fingerprint density at radius 1 is 1.28 bits per heavy atom. The lowest BCUT2D eigenvalue weighted by molar-refractivity contribution is 0.0767. The van der Waals surface area contributed by atoms with Crippen molar-refractivity contribution in [2.45, 2.75) is 12.8 Å². The van der Waals surface area contributed by atoms with Gasteiger partial charge in [-0.15, -0.1) is 0 Å². The normalized spacial score (nSPS) is 16.4. The zero-order chi connectivity index (χ0) is 12.8. The smallest absolute Gasteiger partial charge is 0.254 e. The molecule has 18 heavy (non-hydrogen) atoms. The Kier molecular flexibility index (Phi) is 5.08. The maximum atomic E-state index is 12.5. The van der Waals surface area contributed by atoms with Crippen LogP contribution in [-0.2, 0) is 6.42 Å². The molecule has 3 nitrogen and oxygen atoms in total. The zero-order valence-corrected chi connectivity index (χ0v) is 11.4. The van der Waals surface area contributed by atoms with E-state index in [1.165, 1.54) is 0 Å². The van der Waals surface area contributed by atoms with Gasteiger partial charge in [0, 0.05) is 24.4 Å². The average molecular weight is 264 g/mol. The Morgan fingerprint density at radius 2 is 2.11 bits per heavy atom. The standard InChI is InChI=1S/C14H20N2OS/c15-7-6-12-4-1-2-5-13(12)14(17)16-8-3-10-18-11-9-16/h1-2,4-5H,3,6-11,15H2. The Bertz CT molecular complexity index is 401. The topological polar surface area (TPSA) is 46.3 Å². The van der Waals surface area contributed by atoms with Gasteiger partial charge in [-0.2, -0.15) is 11.8 Å². The molecule has 0 spiro atoms. The summed E-state index contributed by atoms with van der Waals surface area (Å²) in [6.07, 6.45) is 1.86. The van der Waals surface area contributed by atoms with Crippen molar-refractivity contribution in [3.8, 4) is 0 Å². The predicted octanol–water partition coefficient (Wildman–Crippen LogP) is 1.77. The van der Waals surface area contributed by atoms with Gasteiger partial charge in [0.25, 0.3) is 5.91 Å². The summed E-state index contributed by atoms with van der Waals surface area (Å²) in [4.78, 5) is 14.5. The van der Waals surface area contributed by atoms with Gasteiger partial charge in [0.2, 0.25) is 0 Å². The fourth-order valence-corrected chi connectivity index (χ4v) is 3.11. The molecule has 0 atom stereocenters. The van der Waals surface area contributed by atoms with Crippen LogP contribution >= 0.6 is 11.8 Å². The van der Waals surface area contributed by atoms with Gasteiger partial charge in [0.15, 0.2) is 0 Å². The van der Waals surface area contributed by atoms with Crippen LogP contribution in [0.1, 0.15) is 22.3 Å². The van der Waals surface area contributed by atoms with Gasteiger partial charge in [0.05, 0.1) is 0 Å². The summed E-state index contributed by atoms with van der Waals surface area (Å²) in [7, 11) is 0. The number of benzene rings is 1. The average Bonchev–Trinajstić information content (AvgIpc) is 2.68. The number of nitrogens with zero attached hydrogens (tertiary/aromatic N) is 1. The van der Waals surface area contributed by atoms with Crippen LogP contribution in [0.25, 0.3) is 0 Å². The van der Waals surface area contributed by atoms with Crippen molar-refractivity contribution in [2.75, 3.05) is 31.1 Å². The zero-order valence-electron chi connectivity index (χ0n) is 10.6. The highest BCUT2D eigenvalue weighted by Gasteiger charge is 2.19. The second-order valence-corrected chi connectivity index (χ2v) is 5.68. The summed E-state index contributed by atoms with van der Waals surface area (Å²) in [5, 5.41) is 0. The number of nitrogens with two attached hydrogens (primary N) is 1. The first-order chi connectivity index (χ1) is 8.83. The van der Waals surface area contributed by atoms with Crippen molar-refractivity contribution < 1.29 is 4.79 Å². The molecule has 1 amide bonds. The van der Waals surface area contributed by atoms with Gasteiger partial charge in [-0.25, -0.2) is 0 Å². The molecule has 1 aliphatic rings. The molecule has 0 saturated carbocycles. The number of carbonyl (C=O) groups excluding carboxylic acids is 1. The van der Waals surface area contributed by atoms with Crippen molar-refractivity contribution >= 4 is 17.7 Å². The van der Waals surface area contributed by atoms with Gasteiger partial charge in [-0.05, 0) is 36.8 Å². The van der Waals surface area contributed by atoms with Gasteiger partial charge < -0.3 is 10.6 Å². The van der Waals surface area contributed by atoms with Gasteiger partial charge in [0.1, 0.15) is 0 Å². The van der Waals surface area contributed by atoms with E-state index in [2.05, 4.69) is 0 Å². The fourth-order valence-electron chi connectivity index (χ4n) is 2.22. The second-order valence-electron chi connectivity index (χ2n) is 4.45. The van der Waals surface area contributed by atoms with Crippen LogP contribution < -0.4 is 5.73 Å². The summed E-state index contributed by atoms with van der Waals surface area (Å²) in [6.45, 7) is 2.32. The molecule has 1 aliphatic heterocycles. The van der Waals surface area contributed by atoms with E-state index in [1.54, 1.807) is 0 Å². The Balaban J connectivity index is 2.16. The maximum absolute atomic E-state index is 12.5. The number of amides is 1. The molecule has 0 aliphatic carbocycles. The van der Waals surface area contributed by atoms with Crippen molar-refractivity contribution in [3.63, 3.8) is 0 Å². The van der Waals surface area contributed by atoms with Crippen molar-refractivity contribution in [3.05, 3.63) is 35.4 Å². The Hall–Kier alpha value is -1.00. The lowest BCUT2D eigenvalue weighted by Gasteiger charge is -2.21. The molecule has 98 valence electrons. The van der Waals surface area contributed by atoms with Gasteiger partial charge >= 0.3 is 0 Å². The molecular weight excluding hydrogens is 244 g/mol. The first-order valence-corrected chi connectivity index (χ1v) is 7.63. The minimum Gasteiger partial charge on any atom is -0.338 e. The lowest BCUT2D eigenvalue weighted by Crippen LogP contribution is -2.33. The van der Waals surface area contributed by atoms with Crippen molar-refractivity contribution in [1.82, 2.24) is 4.90 Å². The summed E-state index contributed by atoms with van der Waals surface area (Å²) in [5.74, 6) is 2.38. The number of carbonyl (C=O) groups is 1. The SMILES string of the molecule is NCCc1ccccc1C(=O)N1CCCSCC1. The van der Waals surface area contributed by atoms with Crippen LogP contribution in [0.15, 0.2) is 24.3 Å². The molecule has 0 radical (unpaired) electrons. The Morgan fingerprint density at radius 3 is 2.94 bits per heavy atom. The third kappa shape index (κ3) is 3.27. The van der Waals surface area contributed by atoms with Crippen molar-refractivity contribution in [1.29, 1.82) is 0 Å². The van der Waals surface area contributed by atoms with Gasteiger partial charge in [-0.3, -0.25) is 4.79 Å². The molecule has 0 bridgehead atoms. The van der Waals surface area contributed by atoms with E-state index in [0.717, 1.165) is 48.6 Å². The molecule has 2 rings (SSSR count). The van der Waals surface area contributed by atoms with Crippen LogP contribution in [0.2, 0.25) is 0 Å². The Labute approximate surface area is 113 Å². The maximum Gasteiger partial charge on any atom is 0.254 e. The largest absolute Gasteiger partial charge is 0.338 e. The van der Waals surface area contributed by atoms with Crippen molar-refractivity contribution in [2.24, 2.45) is 5.73 Å². The molecule has 0 unspecified atom stereocenters. The molecule has 0 aromatic heterocycles. The minimum atomic E-state index is 0.168. The molecule has 1 saturated heterocycles. The molecular formula is C14H20N2OS. The van der Waals surface area contributed by atoms with E-state index in [9.17, 15) is 4.79 Å². The molecule has 4 heteroatoms. The fraction of sp³-hybridized carbons (Fsp3) is 0.500. The second kappa shape index (κ2) is 6.81. The first kappa shape index (κ1) is 13.4. The quantitative estimate of drug-likeness (QED) is 0.905. The number of hydrogen-bond donors (Lipinski definition) is 1. The third-order valence-electron chi connectivity index (χ3n) is 3.17. The molecule has 1 heterocycles. The van der Waals surface area contributed by atoms with Crippen LogP contribution in [0.3, 0.4) is 0 Å². The van der Waals surface area contributed by atoms with E-state index < -0.39 is 0 Å². The molecule has 1 fully saturated rings. The molecule has 2 N–H and O–H groups in total. The summed E-state index contributed by atoms with van der Waals surface area (Å²) in [5.41, 5.74) is 7.50. The van der Waals surface area contributed by atoms with Crippen LogP contribution in [0, 0.1) is 0 Å². The van der Waals surface area contributed by atoms with E-state index >= 15 is 0 Å².